The van der Waals surface area contributed by atoms with E-state index in [1.165, 1.54) is 21.1 Å². The number of anilines is 2. The molecule has 27 heteroatoms. The van der Waals surface area contributed by atoms with Crippen LogP contribution in [0.2, 0.25) is 5.02 Å². The topological polar surface area (TPSA) is 350 Å². The van der Waals surface area contributed by atoms with E-state index in [-0.39, 0.29) is 42.8 Å². The van der Waals surface area contributed by atoms with Gasteiger partial charge in [-0.15, -0.1) is 0 Å². The van der Waals surface area contributed by atoms with Gasteiger partial charge in [-0.1, -0.05) is 87.8 Å². The quantitative estimate of drug-likeness (QED) is 0.0345. The third-order valence-electron chi connectivity index (χ3n) is 20.4. The molecule has 2 saturated heterocycles. The summed E-state index contributed by atoms with van der Waals surface area (Å²) in [4.78, 5) is 102. The van der Waals surface area contributed by atoms with E-state index in [0.29, 0.717) is 121 Å². The number of aryl methyl sites for hydroxylation is 1. The molecule has 4 aromatic rings. The normalized spacial score (nSPS) is 29.3. The minimum absolute atomic E-state index is 0.00697. The Bertz CT molecular complexity index is 3770. The first kappa shape index (κ1) is 84.3. The highest BCUT2D eigenvalue weighted by atomic mass is 35.5. The second kappa shape index (κ2) is 39.1. The van der Waals surface area contributed by atoms with E-state index in [2.05, 4.69) is 20.8 Å². The van der Waals surface area contributed by atoms with Crippen LogP contribution in [0.15, 0.2) is 101 Å². The molecule has 2 aromatic heterocycles. The number of halogens is 1. The van der Waals surface area contributed by atoms with Crippen LogP contribution < -0.4 is 24.8 Å². The molecule has 576 valence electrons. The first-order valence-corrected chi connectivity index (χ1v) is 36.2. The van der Waals surface area contributed by atoms with Gasteiger partial charge < -0.3 is 77.8 Å². The molecule has 3 amide bonds. The molecule has 0 radical (unpaired) electrons. The zero-order valence-electron chi connectivity index (χ0n) is 62.7. The number of hydrogen-bond acceptors (Lipinski definition) is 23. The molecular formula is C78H106ClN5O21. The highest BCUT2D eigenvalue weighted by Gasteiger charge is 2.53. The monoisotopic (exact) mass is 1480 g/mol. The van der Waals surface area contributed by atoms with Crippen LogP contribution in [0.25, 0.3) is 10.9 Å². The number of urea groups is 1. The number of rotatable bonds is 16. The van der Waals surface area contributed by atoms with Gasteiger partial charge in [-0.05, 0) is 145 Å². The summed E-state index contributed by atoms with van der Waals surface area (Å²) in [6.07, 6.45) is 11.4. The van der Waals surface area contributed by atoms with Gasteiger partial charge in [-0.25, -0.2) is 9.59 Å². The van der Waals surface area contributed by atoms with Gasteiger partial charge >= 0.3 is 18.0 Å². The van der Waals surface area contributed by atoms with Crippen molar-refractivity contribution in [1.82, 2.24) is 15.0 Å². The van der Waals surface area contributed by atoms with Gasteiger partial charge in [0.25, 0.3) is 11.7 Å². The molecule has 8 rings (SSSR count). The molecule has 2 aromatic carbocycles. The summed E-state index contributed by atoms with van der Waals surface area (Å²) < 4.78 is 57.1. The number of ketones is 3. The van der Waals surface area contributed by atoms with Gasteiger partial charge in [0.2, 0.25) is 5.79 Å². The lowest BCUT2D eigenvalue weighted by Crippen LogP contribution is -2.61. The fourth-order valence-electron chi connectivity index (χ4n) is 13.7. The van der Waals surface area contributed by atoms with Crippen molar-refractivity contribution in [1.29, 1.82) is 0 Å². The van der Waals surface area contributed by atoms with Gasteiger partial charge in [0, 0.05) is 88.3 Å². The summed E-state index contributed by atoms with van der Waals surface area (Å²) in [7, 11) is 7.55. The molecule has 2 bridgehead atoms. The predicted molar refractivity (Wildman–Crippen MR) is 392 cm³/mol. The number of Topliss-reactive ketones (excluding diaryl/α,β-unsaturated/α-hetero) is 3. The number of aliphatic hydroxyl groups excluding tert-OH is 3. The number of fused-ring (bicyclic) bond motifs is 4. The number of benzene rings is 2. The van der Waals surface area contributed by atoms with Crippen molar-refractivity contribution in [3.63, 3.8) is 0 Å². The maximum absolute atomic E-state index is 14.5. The average molecular weight is 1490 g/mol. The number of allylic oxidation sites excluding steroid dienone is 6. The lowest BCUT2D eigenvalue weighted by molar-refractivity contribution is -0.265. The van der Waals surface area contributed by atoms with Crippen LogP contribution >= 0.6 is 11.6 Å². The Morgan fingerprint density at radius 3 is 2.19 bits per heavy atom. The van der Waals surface area contributed by atoms with E-state index in [0.717, 1.165) is 15.9 Å². The minimum Gasteiger partial charge on any atom is -0.493 e. The van der Waals surface area contributed by atoms with Crippen molar-refractivity contribution >= 4 is 75.2 Å². The fourth-order valence-corrected chi connectivity index (χ4v) is 13.9. The number of esters is 2. The van der Waals surface area contributed by atoms with Crippen molar-refractivity contribution in [2.75, 3.05) is 65.9 Å². The number of ether oxygens (including phenoxy) is 9. The third kappa shape index (κ3) is 22.1. The zero-order chi connectivity index (χ0) is 77.0. The van der Waals surface area contributed by atoms with Gasteiger partial charge in [0.1, 0.15) is 58.9 Å². The number of hydrogen-bond donors (Lipinski definition) is 6. The third-order valence-corrected chi connectivity index (χ3v) is 20.7. The Morgan fingerprint density at radius 1 is 0.810 bits per heavy atom. The van der Waals surface area contributed by atoms with Gasteiger partial charge in [0.15, 0.2) is 23.1 Å². The lowest BCUT2D eigenvalue weighted by Gasteiger charge is -2.42. The molecule has 6 N–H and O–H groups in total. The number of amides is 3. The summed E-state index contributed by atoms with van der Waals surface area (Å²) in [5.74, 6) is -6.31. The Kier molecular flexibility index (Phi) is 31.4. The van der Waals surface area contributed by atoms with Crippen LogP contribution in [0, 0.1) is 47.8 Å². The highest BCUT2D eigenvalue weighted by molar-refractivity contribution is 6.39. The minimum atomic E-state index is -2.47. The van der Waals surface area contributed by atoms with Crippen molar-refractivity contribution in [2.24, 2.45) is 40.9 Å². The number of nitrogens with zero attached hydrogens (tertiary/aromatic N) is 3. The molecule has 3 fully saturated rings. The van der Waals surface area contributed by atoms with E-state index in [1.807, 2.05) is 51.2 Å². The Morgan fingerprint density at radius 2 is 1.53 bits per heavy atom. The molecule has 0 spiro atoms. The largest absolute Gasteiger partial charge is 0.493 e. The molecule has 1 aliphatic carbocycles. The molecule has 105 heavy (non-hydrogen) atoms. The molecule has 0 unspecified atom stereocenters. The fraction of sp³-hybridized carbons (Fsp3) is 0.577. The van der Waals surface area contributed by atoms with Gasteiger partial charge in [-0.3, -0.25) is 34.3 Å². The average Bonchev–Trinajstić information content (AvgIpc) is 1.04. The molecule has 5 heterocycles. The Balaban J connectivity index is 0.000000396. The molecule has 15 atom stereocenters. The van der Waals surface area contributed by atoms with Crippen LogP contribution in [0.5, 0.6) is 23.0 Å². The van der Waals surface area contributed by atoms with Crippen molar-refractivity contribution in [2.45, 2.75) is 194 Å². The SMILES string of the molecule is CO[C@H]1C[C@@H]2CC[C@@H](C)[C@@](O)(O2)C(=O)C(=O)N2CCCC[C@H]2C(=O)O[C@H]([C@H](C)C[C@@H]2CC[C@@H](OC(=O)C(C)(CO)CO)[C@H](OC)C2)CC(=O)[C@H](C)/C=C(\C)[C@@H](O)[C@@H](OC)C(=O)[C@H](C)C[C@H](C)/C=C/C=C/C=C/1C.COc1cc2nccc(Oc3ccc(NC(=O)Nc4cc(C)on4)c(Cl)c3)c2cc1OC. The number of piperidine rings is 1. The van der Waals surface area contributed by atoms with Crippen molar-refractivity contribution < 1.29 is 101 Å². The zero-order valence-corrected chi connectivity index (χ0v) is 63.5. The summed E-state index contributed by atoms with van der Waals surface area (Å²) in [6.45, 7) is 14.5. The summed E-state index contributed by atoms with van der Waals surface area (Å²) in [5.41, 5.74) is 0.812. The van der Waals surface area contributed by atoms with Crippen LogP contribution in [0.1, 0.15) is 138 Å². The van der Waals surface area contributed by atoms with E-state index in [4.69, 9.17) is 58.8 Å². The number of nitrogens with one attached hydrogen (secondary N) is 2. The van der Waals surface area contributed by atoms with Gasteiger partial charge in [0.05, 0.1) is 62.0 Å². The number of carbonyl (C=O) groups excluding carboxylic acids is 7. The van der Waals surface area contributed by atoms with E-state index >= 15 is 0 Å². The standard InChI is InChI=1S/C56H87NO16.C22H19ClN4O5/c1-33-17-13-12-14-18-34(2)45(68-9)29-41-22-20-39(7)56(67,73-41)51(63)52(64)57-24-16-15-19-42(57)53(65)71-46(30-43(60)35(3)26-38(6)49(62)50(70-11)48(61)37(5)25-33)36(4)27-40-21-23-44(47(28-40)69-10)72-54(66)55(8,31-58)32-59;1-12-8-21(27-32-12)26-22(28)25-16-5-4-13(9-15(16)23)31-18-6-7-24-17-11-20(30-3)19(29-2)10-14(17)18/h12-14,17-18,26,33,35-37,39-42,44-47,49-50,58-59,62,67H,15-16,19-25,27-32H2,1-11H3;4-11H,1-3H3,(H2,25,26,27,28)/b14-12+,17-13+,34-18+,38-26+;/t33-,35-,36-,37-,39-,40+,41+,42+,44-,45+,46+,47-,49-,50+,56-;/m1./s1. The Labute approximate surface area is 619 Å². The second-order valence-corrected chi connectivity index (χ2v) is 28.9. The highest BCUT2D eigenvalue weighted by Crippen LogP contribution is 2.41. The smallest absolute Gasteiger partial charge is 0.329 e. The van der Waals surface area contributed by atoms with Crippen molar-refractivity contribution in [3.8, 4) is 23.0 Å². The van der Waals surface area contributed by atoms with E-state index in [9.17, 15) is 54.0 Å². The number of methoxy groups -OCH3 is 5. The maximum atomic E-state index is 14.5. The number of carbonyl (C=O) groups is 7. The first-order valence-electron chi connectivity index (χ1n) is 35.9. The number of cyclic esters (lactones) is 1. The lowest BCUT2D eigenvalue weighted by atomic mass is 9.78. The number of pyridine rings is 1. The van der Waals surface area contributed by atoms with Crippen LogP contribution in [0.4, 0.5) is 16.3 Å². The number of aliphatic hydroxyl groups is 4. The Hall–Kier alpha value is -7.92. The molecule has 1 saturated carbocycles. The van der Waals surface area contributed by atoms with Crippen LogP contribution in [-0.4, -0.2) is 187 Å². The summed E-state index contributed by atoms with van der Waals surface area (Å²) in [5, 5.41) is 53.0. The summed E-state index contributed by atoms with van der Waals surface area (Å²) in [6, 6.07) is 10.1. The van der Waals surface area contributed by atoms with Crippen LogP contribution in [-0.2, 0) is 57.2 Å². The summed E-state index contributed by atoms with van der Waals surface area (Å²) >= 11 is 6.35. The van der Waals surface area contributed by atoms with E-state index < -0.39 is 127 Å². The molecule has 26 nitrogen and oxygen atoms in total. The maximum Gasteiger partial charge on any atom is 0.329 e. The predicted octanol–water partition coefficient (Wildman–Crippen LogP) is 11.4. The molecular weight excluding hydrogens is 1380 g/mol. The van der Waals surface area contributed by atoms with E-state index in [1.54, 1.807) is 111 Å². The number of aromatic nitrogens is 2. The molecule has 4 aliphatic rings. The second-order valence-electron chi connectivity index (χ2n) is 28.5. The van der Waals surface area contributed by atoms with Gasteiger partial charge in [-0.2, -0.15) is 0 Å². The van der Waals surface area contributed by atoms with Crippen molar-refractivity contribution in [3.05, 3.63) is 107 Å². The molecule has 3 aliphatic heterocycles. The first-order chi connectivity index (χ1) is 49.9. The van der Waals surface area contributed by atoms with Crippen LogP contribution in [0.3, 0.4) is 0 Å².